The fourth-order valence-electron chi connectivity index (χ4n) is 0.419. The fourth-order valence-corrected chi connectivity index (χ4v) is 0.419. The van der Waals surface area contributed by atoms with Gasteiger partial charge < -0.3 is 5.21 Å². The molecule has 0 aromatic heterocycles. The van der Waals surface area contributed by atoms with Gasteiger partial charge in [0.2, 0.25) is 5.91 Å². The summed E-state index contributed by atoms with van der Waals surface area (Å²) in [6, 6.07) is 0. The van der Waals surface area contributed by atoms with Gasteiger partial charge in [-0.25, -0.2) is 0 Å². The highest BCUT2D eigenvalue weighted by molar-refractivity contribution is 5.73. The SMILES string of the molecule is CC(=O)N1C=CN([O-])O1. The summed E-state index contributed by atoms with van der Waals surface area (Å²) in [6.45, 7) is 1.30. The Balaban J connectivity index is 2.50. The highest BCUT2D eigenvalue weighted by Crippen LogP contribution is 2.05. The molecule has 0 N–H and O–H groups in total. The number of amides is 1. The van der Waals surface area contributed by atoms with Crippen LogP contribution in [-0.4, -0.2) is 16.2 Å². The topological polar surface area (TPSA) is 55.8 Å². The van der Waals surface area contributed by atoms with Crippen LogP contribution >= 0.6 is 0 Å². The zero-order valence-corrected chi connectivity index (χ0v) is 4.77. The number of hydroxylamine groups is 4. The summed E-state index contributed by atoms with van der Waals surface area (Å²) in [5.74, 6) is -0.329. The van der Waals surface area contributed by atoms with Gasteiger partial charge in [0.05, 0.1) is 6.20 Å². The van der Waals surface area contributed by atoms with Gasteiger partial charge in [-0.3, -0.25) is 10.0 Å². The third kappa shape index (κ3) is 1.18. The zero-order chi connectivity index (χ0) is 6.85. The molecule has 0 bridgehead atoms. The first kappa shape index (κ1) is 6.06. The highest BCUT2D eigenvalue weighted by atomic mass is 17.0. The third-order valence-corrected chi connectivity index (χ3v) is 0.803. The first-order valence-corrected chi connectivity index (χ1v) is 2.33. The molecule has 0 saturated heterocycles. The maximum absolute atomic E-state index is 10.4. The summed E-state index contributed by atoms with van der Waals surface area (Å²) >= 11 is 0. The fraction of sp³-hybridized carbons (Fsp3) is 0.250. The predicted octanol–water partition coefficient (Wildman–Crippen LogP) is -0.0339. The van der Waals surface area contributed by atoms with E-state index in [9.17, 15) is 10.0 Å². The van der Waals surface area contributed by atoms with E-state index < -0.39 is 0 Å². The van der Waals surface area contributed by atoms with Gasteiger partial charge in [-0.1, -0.05) is 0 Å². The van der Waals surface area contributed by atoms with Crippen LogP contribution in [-0.2, 0) is 9.73 Å². The summed E-state index contributed by atoms with van der Waals surface area (Å²) < 4.78 is 0. The molecule has 1 heterocycles. The Morgan fingerprint density at radius 2 is 2.33 bits per heavy atom. The Bertz CT molecular complexity index is 156. The smallest absolute Gasteiger partial charge is 0.249 e. The molecule has 50 valence electrons. The molecule has 0 radical (unpaired) electrons. The monoisotopic (exact) mass is 129 g/mol. The van der Waals surface area contributed by atoms with Crippen molar-refractivity contribution in [1.82, 2.24) is 10.3 Å². The van der Waals surface area contributed by atoms with E-state index in [1.807, 2.05) is 0 Å². The lowest BCUT2D eigenvalue weighted by Gasteiger charge is -2.20. The van der Waals surface area contributed by atoms with Crippen molar-refractivity contribution in [3.63, 3.8) is 0 Å². The van der Waals surface area contributed by atoms with Crippen molar-refractivity contribution < 1.29 is 9.73 Å². The Morgan fingerprint density at radius 1 is 1.67 bits per heavy atom. The molecule has 0 spiro atoms. The lowest BCUT2D eigenvalue weighted by atomic mass is 10.7. The second-order valence-corrected chi connectivity index (χ2v) is 1.51. The van der Waals surface area contributed by atoms with Crippen molar-refractivity contribution in [2.24, 2.45) is 0 Å². The van der Waals surface area contributed by atoms with Crippen molar-refractivity contribution in [2.75, 3.05) is 0 Å². The van der Waals surface area contributed by atoms with Crippen LogP contribution in [0.25, 0.3) is 0 Å². The van der Waals surface area contributed by atoms with Crippen molar-refractivity contribution in [3.8, 4) is 0 Å². The number of carbonyl (C=O) groups excluding carboxylic acids is 1. The molecular weight excluding hydrogens is 124 g/mol. The second-order valence-electron chi connectivity index (χ2n) is 1.51. The minimum absolute atomic E-state index is 0.196. The van der Waals surface area contributed by atoms with E-state index in [0.717, 1.165) is 11.3 Å². The van der Waals surface area contributed by atoms with E-state index in [1.54, 1.807) is 0 Å². The summed E-state index contributed by atoms with van der Waals surface area (Å²) in [5, 5.41) is 11.2. The highest BCUT2D eigenvalue weighted by Gasteiger charge is 2.10. The summed E-state index contributed by atoms with van der Waals surface area (Å²) in [4.78, 5) is 14.6. The Morgan fingerprint density at radius 3 is 2.56 bits per heavy atom. The van der Waals surface area contributed by atoms with Gasteiger partial charge in [0, 0.05) is 13.1 Å². The number of rotatable bonds is 0. The molecule has 1 aliphatic rings. The molecule has 0 aliphatic carbocycles. The summed E-state index contributed by atoms with van der Waals surface area (Å²) in [6.07, 6.45) is 2.34. The normalized spacial score (nSPS) is 17.1. The maximum Gasteiger partial charge on any atom is 0.249 e. The van der Waals surface area contributed by atoms with Crippen molar-refractivity contribution in [3.05, 3.63) is 17.6 Å². The first-order valence-electron chi connectivity index (χ1n) is 2.33. The molecule has 1 rings (SSSR count). The quantitative estimate of drug-likeness (QED) is 0.460. The van der Waals surface area contributed by atoms with Gasteiger partial charge in [-0.05, 0) is 0 Å². The second kappa shape index (κ2) is 2.04. The number of nitrogens with zero attached hydrogens (tertiary/aromatic N) is 2. The van der Waals surface area contributed by atoms with E-state index in [4.69, 9.17) is 0 Å². The summed E-state index contributed by atoms with van der Waals surface area (Å²) in [5.41, 5.74) is 0. The Kier molecular flexibility index (Phi) is 1.37. The largest absolute Gasteiger partial charge is 0.732 e. The van der Waals surface area contributed by atoms with Crippen LogP contribution in [0.15, 0.2) is 12.4 Å². The van der Waals surface area contributed by atoms with Crippen LogP contribution < -0.4 is 0 Å². The molecule has 1 amide bonds. The molecule has 0 fully saturated rings. The number of carbonyl (C=O) groups is 1. The third-order valence-electron chi connectivity index (χ3n) is 0.803. The maximum atomic E-state index is 10.4. The van der Waals surface area contributed by atoms with Gasteiger partial charge >= 0.3 is 0 Å². The average Bonchev–Trinajstić information content (AvgIpc) is 2.14. The van der Waals surface area contributed by atoms with Crippen LogP contribution in [0.3, 0.4) is 0 Å². The van der Waals surface area contributed by atoms with Crippen LogP contribution in [0, 0.1) is 5.21 Å². The van der Waals surface area contributed by atoms with E-state index in [0.29, 0.717) is 0 Å². The van der Waals surface area contributed by atoms with Crippen molar-refractivity contribution >= 4 is 5.91 Å². The zero-order valence-electron chi connectivity index (χ0n) is 4.77. The molecule has 9 heavy (non-hydrogen) atoms. The molecular formula is C4H5N2O3-. The molecule has 0 aromatic rings. The minimum Gasteiger partial charge on any atom is -0.732 e. The molecule has 5 nitrogen and oxygen atoms in total. The number of hydrogen-bond acceptors (Lipinski definition) is 4. The standard InChI is InChI=1S/C4H5N2O3/c1-4(7)5-2-3-6(8)9-5/h2-3H,1H3/q-1. The van der Waals surface area contributed by atoms with E-state index >= 15 is 0 Å². The molecule has 0 unspecified atom stereocenters. The molecule has 0 atom stereocenters. The van der Waals surface area contributed by atoms with E-state index in [1.165, 1.54) is 13.1 Å². The van der Waals surface area contributed by atoms with Crippen LogP contribution in [0.5, 0.6) is 0 Å². The molecule has 1 aliphatic heterocycles. The lowest BCUT2D eigenvalue weighted by Crippen LogP contribution is -2.22. The van der Waals surface area contributed by atoms with Gasteiger partial charge in [-0.2, -0.15) is 10.0 Å². The van der Waals surface area contributed by atoms with Gasteiger partial charge in [0.15, 0.2) is 0 Å². The molecule has 5 heteroatoms. The number of hydrogen-bond donors (Lipinski definition) is 0. The molecule has 0 aromatic carbocycles. The Hall–Kier alpha value is -1.07. The van der Waals surface area contributed by atoms with E-state index in [2.05, 4.69) is 4.94 Å². The van der Waals surface area contributed by atoms with Crippen LogP contribution in [0.2, 0.25) is 0 Å². The van der Waals surface area contributed by atoms with E-state index in [-0.39, 0.29) is 11.1 Å². The predicted molar refractivity (Wildman–Crippen MR) is 28.0 cm³/mol. The molecule has 0 saturated carbocycles. The van der Waals surface area contributed by atoms with Crippen LogP contribution in [0.1, 0.15) is 6.92 Å². The average molecular weight is 129 g/mol. The minimum atomic E-state index is -0.329. The first-order chi connectivity index (χ1) is 4.20. The van der Waals surface area contributed by atoms with Crippen molar-refractivity contribution in [1.29, 1.82) is 0 Å². The summed E-state index contributed by atoms with van der Waals surface area (Å²) in [7, 11) is 0. The van der Waals surface area contributed by atoms with Crippen LogP contribution in [0.4, 0.5) is 0 Å². The van der Waals surface area contributed by atoms with Gasteiger partial charge in [-0.15, -0.1) is 0 Å². The lowest BCUT2D eigenvalue weighted by molar-refractivity contribution is -0.230. The van der Waals surface area contributed by atoms with Crippen molar-refractivity contribution in [2.45, 2.75) is 6.92 Å². The van der Waals surface area contributed by atoms with Gasteiger partial charge in [0.1, 0.15) is 0 Å². The Labute approximate surface area is 51.6 Å². The van der Waals surface area contributed by atoms with Gasteiger partial charge in [0.25, 0.3) is 0 Å².